The molecule has 0 fully saturated rings. The zero-order valence-corrected chi connectivity index (χ0v) is 19.5. The Hall–Kier alpha value is -3.32. The first-order valence-electron chi connectivity index (χ1n) is 10.6. The fraction of sp³-hybridized carbons (Fsp3) is 0.292. The van der Waals surface area contributed by atoms with Gasteiger partial charge in [-0.15, -0.1) is 0 Å². The summed E-state index contributed by atoms with van der Waals surface area (Å²) in [5, 5.41) is 11.1. The van der Waals surface area contributed by atoms with Gasteiger partial charge < -0.3 is 10.1 Å². The Morgan fingerprint density at radius 1 is 1.16 bits per heavy atom. The number of nitrogens with one attached hydrogen (secondary N) is 2. The maximum Gasteiger partial charge on any atom is 0.258 e. The van der Waals surface area contributed by atoms with E-state index >= 15 is 0 Å². The third-order valence-electron chi connectivity index (χ3n) is 4.98. The highest BCUT2D eigenvalue weighted by Gasteiger charge is 2.14. The Bertz CT molecular complexity index is 1120. The van der Waals surface area contributed by atoms with Gasteiger partial charge in [0.1, 0.15) is 5.75 Å². The Labute approximate surface area is 193 Å². The molecule has 1 heterocycles. The lowest BCUT2D eigenvalue weighted by Gasteiger charge is -2.15. The monoisotopic (exact) mass is 453 g/mol. The Balaban J connectivity index is 1.91. The van der Waals surface area contributed by atoms with Gasteiger partial charge >= 0.3 is 0 Å². The summed E-state index contributed by atoms with van der Waals surface area (Å²) in [6.45, 7) is 9.64. The molecule has 0 aliphatic rings. The molecular formula is C24H28ClN5O2. The number of benzene rings is 2. The largest absolute Gasteiger partial charge is 0.492 e. The molecule has 0 aliphatic heterocycles. The zero-order chi connectivity index (χ0) is 23.1. The number of aryl methyl sites for hydroxylation is 2. The van der Waals surface area contributed by atoms with Crippen molar-refractivity contribution in [1.29, 1.82) is 0 Å². The van der Waals surface area contributed by atoms with Gasteiger partial charge in [-0.05, 0) is 58.0 Å². The van der Waals surface area contributed by atoms with Crippen LogP contribution in [-0.4, -0.2) is 28.3 Å². The predicted molar refractivity (Wildman–Crippen MR) is 129 cm³/mol. The molecule has 1 aromatic heterocycles. The number of amides is 1. The van der Waals surface area contributed by atoms with E-state index in [1.807, 2.05) is 49.7 Å². The van der Waals surface area contributed by atoms with E-state index in [1.54, 1.807) is 24.3 Å². The van der Waals surface area contributed by atoms with Crippen LogP contribution in [0.2, 0.25) is 5.02 Å². The van der Waals surface area contributed by atoms with Crippen LogP contribution in [0.3, 0.4) is 0 Å². The molecule has 0 atom stereocenters. The second kappa shape index (κ2) is 10.8. The first-order chi connectivity index (χ1) is 15.4. The number of aromatic nitrogens is 2. The molecule has 8 heteroatoms. The van der Waals surface area contributed by atoms with Crippen LogP contribution in [0, 0.1) is 13.8 Å². The highest BCUT2D eigenvalue weighted by molar-refractivity contribution is 6.31. The molecule has 2 aromatic carbocycles. The van der Waals surface area contributed by atoms with E-state index in [-0.39, 0.29) is 5.91 Å². The third-order valence-corrected chi connectivity index (χ3v) is 5.22. The minimum atomic E-state index is -0.315. The van der Waals surface area contributed by atoms with Crippen molar-refractivity contribution in [2.45, 2.75) is 40.8 Å². The number of para-hydroxylation sites is 2. The van der Waals surface area contributed by atoms with Crippen LogP contribution in [0.5, 0.6) is 5.75 Å². The fourth-order valence-electron chi connectivity index (χ4n) is 3.33. The summed E-state index contributed by atoms with van der Waals surface area (Å²) in [5.41, 5.74) is 4.15. The SMILES string of the molecule is CCOc1ccccc1NC(=NCc1c(C)nn(CC)c1C)NC(=O)c1cccc(Cl)c1. The summed E-state index contributed by atoms with van der Waals surface area (Å²) in [7, 11) is 0. The topological polar surface area (TPSA) is 80.5 Å². The first-order valence-corrected chi connectivity index (χ1v) is 10.9. The minimum Gasteiger partial charge on any atom is -0.492 e. The van der Waals surface area contributed by atoms with Gasteiger partial charge in [-0.25, -0.2) is 4.99 Å². The maximum absolute atomic E-state index is 12.9. The van der Waals surface area contributed by atoms with Crippen molar-refractivity contribution in [3.05, 3.63) is 76.1 Å². The molecule has 1 amide bonds. The lowest BCUT2D eigenvalue weighted by atomic mass is 10.2. The normalized spacial score (nSPS) is 11.3. The number of guanidine groups is 1. The average Bonchev–Trinajstić information content (AvgIpc) is 3.06. The third kappa shape index (κ3) is 5.68. The molecule has 0 spiro atoms. The van der Waals surface area contributed by atoms with E-state index in [2.05, 4.69) is 27.6 Å². The number of carbonyl (C=O) groups is 1. The van der Waals surface area contributed by atoms with Crippen molar-refractivity contribution in [2.75, 3.05) is 11.9 Å². The average molecular weight is 454 g/mol. The summed E-state index contributed by atoms with van der Waals surface area (Å²) in [6, 6.07) is 14.3. The van der Waals surface area contributed by atoms with Crippen molar-refractivity contribution < 1.29 is 9.53 Å². The van der Waals surface area contributed by atoms with Crippen LogP contribution in [0.4, 0.5) is 5.69 Å². The van der Waals surface area contributed by atoms with Crippen molar-refractivity contribution >= 4 is 29.2 Å². The van der Waals surface area contributed by atoms with E-state index in [0.29, 0.717) is 41.1 Å². The lowest BCUT2D eigenvalue weighted by Crippen LogP contribution is -2.36. The number of carbonyl (C=O) groups excluding carboxylic acids is 1. The predicted octanol–water partition coefficient (Wildman–Crippen LogP) is 4.97. The number of anilines is 1. The maximum atomic E-state index is 12.9. The Morgan fingerprint density at radius 2 is 1.94 bits per heavy atom. The van der Waals surface area contributed by atoms with Crippen molar-refractivity contribution in [1.82, 2.24) is 15.1 Å². The number of rotatable bonds is 7. The fourth-order valence-corrected chi connectivity index (χ4v) is 3.52. The van der Waals surface area contributed by atoms with Crippen molar-refractivity contribution in [3.8, 4) is 5.75 Å². The van der Waals surface area contributed by atoms with Gasteiger partial charge in [0, 0.05) is 28.4 Å². The van der Waals surface area contributed by atoms with E-state index in [1.165, 1.54) is 0 Å². The number of hydrogen-bond donors (Lipinski definition) is 2. The summed E-state index contributed by atoms with van der Waals surface area (Å²) >= 11 is 6.05. The molecule has 0 radical (unpaired) electrons. The summed E-state index contributed by atoms with van der Waals surface area (Å²) < 4.78 is 7.65. The molecule has 3 rings (SSSR count). The number of halogens is 1. The second-order valence-electron chi connectivity index (χ2n) is 7.15. The number of nitrogens with zero attached hydrogens (tertiary/aromatic N) is 3. The van der Waals surface area contributed by atoms with Crippen molar-refractivity contribution in [3.63, 3.8) is 0 Å². The molecule has 0 bridgehead atoms. The molecule has 7 nitrogen and oxygen atoms in total. The van der Waals surface area contributed by atoms with Crippen LogP contribution in [0.1, 0.15) is 41.2 Å². The number of aliphatic imine (C=N–C) groups is 1. The van der Waals surface area contributed by atoms with Crippen LogP contribution in [0.25, 0.3) is 0 Å². The highest BCUT2D eigenvalue weighted by atomic mass is 35.5. The number of hydrogen-bond acceptors (Lipinski definition) is 4. The van der Waals surface area contributed by atoms with E-state index in [9.17, 15) is 4.79 Å². The van der Waals surface area contributed by atoms with E-state index in [4.69, 9.17) is 16.3 Å². The molecule has 168 valence electrons. The molecule has 3 aromatic rings. The summed E-state index contributed by atoms with van der Waals surface area (Å²) in [6.07, 6.45) is 0. The molecule has 0 saturated carbocycles. The van der Waals surface area contributed by atoms with Gasteiger partial charge in [0.05, 0.1) is 24.5 Å². The Morgan fingerprint density at radius 3 is 2.62 bits per heavy atom. The van der Waals surface area contributed by atoms with Crippen LogP contribution < -0.4 is 15.4 Å². The van der Waals surface area contributed by atoms with Crippen LogP contribution >= 0.6 is 11.6 Å². The van der Waals surface area contributed by atoms with Crippen LogP contribution in [-0.2, 0) is 13.1 Å². The van der Waals surface area contributed by atoms with Gasteiger partial charge in [-0.1, -0.05) is 29.8 Å². The van der Waals surface area contributed by atoms with E-state index < -0.39 is 0 Å². The van der Waals surface area contributed by atoms with Gasteiger partial charge in [0.15, 0.2) is 0 Å². The van der Waals surface area contributed by atoms with Crippen molar-refractivity contribution in [2.24, 2.45) is 4.99 Å². The summed E-state index contributed by atoms with van der Waals surface area (Å²) in [5.74, 6) is 0.668. The van der Waals surface area contributed by atoms with Gasteiger partial charge in [-0.3, -0.25) is 14.8 Å². The van der Waals surface area contributed by atoms with E-state index in [0.717, 1.165) is 23.5 Å². The smallest absolute Gasteiger partial charge is 0.258 e. The molecule has 32 heavy (non-hydrogen) atoms. The van der Waals surface area contributed by atoms with Gasteiger partial charge in [0.2, 0.25) is 5.96 Å². The van der Waals surface area contributed by atoms with Gasteiger partial charge in [0.25, 0.3) is 5.91 Å². The van der Waals surface area contributed by atoms with Gasteiger partial charge in [-0.2, -0.15) is 5.10 Å². The molecule has 0 saturated heterocycles. The second-order valence-corrected chi connectivity index (χ2v) is 7.59. The standard InChI is InChI=1S/C24H28ClN5O2/c1-5-30-17(4)20(16(3)29-30)15-26-24(27-21-12-7-8-13-22(21)32-6-2)28-23(31)18-10-9-11-19(25)14-18/h7-14H,5-6,15H2,1-4H3,(H2,26,27,28,31). The molecule has 2 N–H and O–H groups in total. The highest BCUT2D eigenvalue weighted by Crippen LogP contribution is 2.24. The lowest BCUT2D eigenvalue weighted by molar-refractivity contribution is 0.0977. The molecule has 0 aliphatic carbocycles. The quantitative estimate of drug-likeness (QED) is 0.391. The Kier molecular flexibility index (Phi) is 7.89. The summed E-state index contributed by atoms with van der Waals surface area (Å²) in [4.78, 5) is 17.5. The molecule has 0 unspecified atom stereocenters. The first kappa shape index (κ1) is 23.3. The zero-order valence-electron chi connectivity index (χ0n) is 18.8. The minimum absolute atomic E-state index is 0.310. The number of ether oxygens (including phenoxy) is 1. The molecular weight excluding hydrogens is 426 g/mol. The van der Waals surface area contributed by atoms with Crippen LogP contribution in [0.15, 0.2) is 53.5 Å².